The first-order valence-electron chi connectivity index (χ1n) is 6.63. The SMILES string of the molecule is CC(C)COC(=O)NC(C)C(=O)OCc1ccccc1. The summed E-state index contributed by atoms with van der Waals surface area (Å²) in [6.45, 7) is 5.93. The molecule has 0 aliphatic carbocycles. The van der Waals surface area contributed by atoms with Crippen LogP contribution in [0.2, 0.25) is 0 Å². The van der Waals surface area contributed by atoms with Gasteiger partial charge in [-0.15, -0.1) is 0 Å². The monoisotopic (exact) mass is 279 g/mol. The van der Waals surface area contributed by atoms with Gasteiger partial charge < -0.3 is 14.8 Å². The van der Waals surface area contributed by atoms with E-state index in [-0.39, 0.29) is 12.5 Å². The second-order valence-corrected chi connectivity index (χ2v) is 4.95. The Kier molecular flexibility index (Phi) is 6.56. The van der Waals surface area contributed by atoms with E-state index in [2.05, 4.69) is 5.32 Å². The number of esters is 1. The molecule has 1 unspecified atom stereocenters. The number of alkyl carbamates (subject to hydrolysis) is 1. The molecule has 1 N–H and O–H groups in total. The quantitative estimate of drug-likeness (QED) is 0.813. The molecule has 1 aromatic carbocycles. The smallest absolute Gasteiger partial charge is 0.407 e. The van der Waals surface area contributed by atoms with Crippen LogP contribution in [0.15, 0.2) is 30.3 Å². The van der Waals surface area contributed by atoms with E-state index in [0.717, 1.165) is 5.56 Å². The summed E-state index contributed by atoms with van der Waals surface area (Å²) in [7, 11) is 0. The molecule has 1 aromatic rings. The van der Waals surface area contributed by atoms with Gasteiger partial charge in [0.25, 0.3) is 0 Å². The van der Waals surface area contributed by atoms with Crippen LogP contribution in [-0.4, -0.2) is 24.7 Å². The van der Waals surface area contributed by atoms with Crippen molar-refractivity contribution in [2.75, 3.05) is 6.61 Å². The maximum absolute atomic E-state index is 11.7. The van der Waals surface area contributed by atoms with Gasteiger partial charge in [-0.2, -0.15) is 0 Å². The molecular weight excluding hydrogens is 258 g/mol. The molecule has 0 bridgehead atoms. The molecule has 0 saturated carbocycles. The van der Waals surface area contributed by atoms with Gasteiger partial charge in [0.1, 0.15) is 12.6 Å². The van der Waals surface area contributed by atoms with Crippen LogP contribution in [0.25, 0.3) is 0 Å². The summed E-state index contributed by atoms with van der Waals surface area (Å²) in [6.07, 6.45) is -0.608. The van der Waals surface area contributed by atoms with E-state index in [1.165, 1.54) is 0 Å². The van der Waals surface area contributed by atoms with Crippen molar-refractivity contribution < 1.29 is 19.1 Å². The van der Waals surface area contributed by atoms with E-state index in [0.29, 0.717) is 6.61 Å². The van der Waals surface area contributed by atoms with Gasteiger partial charge in [-0.05, 0) is 18.4 Å². The maximum atomic E-state index is 11.7. The van der Waals surface area contributed by atoms with Crippen molar-refractivity contribution in [3.63, 3.8) is 0 Å². The first-order valence-corrected chi connectivity index (χ1v) is 6.63. The zero-order chi connectivity index (χ0) is 15.0. The van der Waals surface area contributed by atoms with Crippen molar-refractivity contribution >= 4 is 12.1 Å². The molecule has 0 saturated heterocycles. The van der Waals surface area contributed by atoms with Crippen LogP contribution in [0, 0.1) is 5.92 Å². The van der Waals surface area contributed by atoms with Crippen LogP contribution in [0.4, 0.5) is 4.79 Å². The highest BCUT2D eigenvalue weighted by Crippen LogP contribution is 2.02. The molecular formula is C15H21NO4. The van der Waals surface area contributed by atoms with Crippen LogP contribution in [0.5, 0.6) is 0 Å². The Hall–Kier alpha value is -2.04. The van der Waals surface area contributed by atoms with Gasteiger partial charge in [0.05, 0.1) is 6.61 Å². The number of hydrogen-bond donors (Lipinski definition) is 1. The Bertz CT molecular complexity index is 431. The van der Waals surface area contributed by atoms with Crippen LogP contribution in [0.1, 0.15) is 26.3 Å². The van der Waals surface area contributed by atoms with Crippen molar-refractivity contribution in [3.8, 4) is 0 Å². The molecule has 0 aliphatic rings. The molecule has 1 amide bonds. The topological polar surface area (TPSA) is 64.6 Å². The van der Waals surface area contributed by atoms with E-state index in [4.69, 9.17) is 9.47 Å². The molecule has 5 nitrogen and oxygen atoms in total. The first kappa shape index (κ1) is 16.0. The van der Waals surface area contributed by atoms with Gasteiger partial charge >= 0.3 is 12.1 Å². The van der Waals surface area contributed by atoms with Crippen molar-refractivity contribution in [3.05, 3.63) is 35.9 Å². The minimum Gasteiger partial charge on any atom is -0.459 e. The third-order valence-electron chi connectivity index (χ3n) is 2.46. The Labute approximate surface area is 119 Å². The second kappa shape index (κ2) is 8.19. The molecule has 0 spiro atoms. The lowest BCUT2D eigenvalue weighted by Gasteiger charge is -2.14. The number of carbonyl (C=O) groups excluding carboxylic acids is 2. The Morgan fingerprint density at radius 3 is 2.35 bits per heavy atom. The number of hydrogen-bond acceptors (Lipinski definition) is 4. The number of carbonyl (C=O) groups is 2. The predicted octanol–water partition coefficient (Wildman–Crippen LogP) is 2.50. The number of ether oxygens (including phenoxy) is 2. The summed E-state index contributed by atoms with van der Waals surface area (Å²) < 4.78 is 10.0. The molecule has 0 aromatic heterocycles. The van der Waals surface area contributed by atoms with Crippen molar-refractivity contribution in [1.82, 2.24) is 5.32 Å². The summed E-state index contributed by atoms with van der Waals surface area (Å²) in [4.78, 5) is 23.1. The van der Waals surface area contributed by atoms with E-state index < -0.39 is 18.1 Å². The lowest BCUT2D eigenvalue weighted by molar-refractivity contribution is -0.146. The summed E-state index contributed by atoms with van der Waals surface area (Å²) in [6, 6.07) is 8.62. The van der Waals surface area contributed by atoms with Gasteiger partial charge in [-0.3, -0.25) is 0 Å². The summed E-state index contributed by atoms with van der Waals surface area (Å²) >= 11 is 0. The van der Waals surface area contributed by atoms with Crippen molar-refractivity contribution in [2.24, 2.45) is 5.92 Å². The molecule has 110 valence electrons. The van der Waals surface area contributed by atoms with E-state index >= 15 is 0 Å². The highest BCUT2D eigenvalue weighted by molar-refractivity contribution is 5.80. The largest absolute Gasteiger partial charge is 0.459 e. The Morgan fingerprint density at radius 1 is 1.10 bits per heavy atom. The minimum atomic E-state index is -0.738. The molecule has 0 radical (unpaired) electrons. The molecule has 5 heteroatoms. The fourth-order valence-electron chi connectivity index (χ4n) is 1.37. The van der Waals surface area contributed by atoms with Gasteiger partial charge in [0.2, 0.25) is 0 Å². The normalized spacial score (nSPS) is 11.8. The van der Waals surface area contributed by atoms with Crippen molar-refractivity contribution in [2.45, 2.75) is 33.4 Å². The Balaban J connectivity index is 2.30. The number of benzene rings is 1. The van der Waals surface area contributed by atoms with Gasteiger partial charge in [-0.1, -0.05) is 44.2 Å². The summed E-state index contributed by atoms with van der Waals surface area (Å²) in [5.74, 6) is -0.239. The summed E-state index contributed by atoms with van der Waals surface area (Å²) in [5, 5.41) is 2.44. The average Bonchev–Trinajstić information content (AvgIpc) is 2.43. The van der Waals surface area contributed by atoms with Crippen LogP contribution < -0.4 is 5.32 Å². The molecule has 0 aliphatic heterocycles. The van der Waals surface area contributed by atoms with Crippen LogP contribution in [0.3, 0.4) is 0 Å². The fourth-order valence-corrected chi connectivity index (χ4v) is 1.37. The van der Waals surface area contributed by atoms with Crippen LogP contribution in [-0.2, 0) is 20.9 Å². The number of rotatable bonds is 6. The number of amides is 1. The maximum Gasteiger partial charge on any atom is 0.407 e. The zero-order valence-electron chi connectivity index (χ0n) is 12.1. The Morgan fingerprint density at radius 2 is 1.75 bits per heavy atom. The fraction of sp³-hybridized carbons (Fsp3) is 0.467. The van der Waals surface area contributed by atoms with Crippen molar-refractivity contribution in [1.29, 1.82) is 0 Å². The first-order chi connectivity index (χ1) is 9.49. The molecule has 20 heavy (non-hydrogen) atoms. The minimum absolute atomic E-state index is 0.187. The van der Waals surface area contributed by atoms with E-state index in [9.17, 15) is 9.59 Å². The van der Waals surface area contributed by atoms with E-state index in [1.807, 2.05) is 44.2 Å². The number of nitrogens with one attached hydrogen (secondary N) is 1. The molecule has 1 rings (SSSR count). The van der Waals surface area contributed by atoms with Gasteiger partial charge in [0, 0.05) is 0 Å². The zero-order valence-corrected chi connectivity index (χ0v) is 12.1. The second-order valence-electron chi connectivity index (χ2n) is 4.95. The highest BCUT2D eigenvalue weighted by Gasteiger charge is 2.17. The summed E-state index contributed by atoms with van der Waals surface area (Å²) in [5.41, 5.74) is 0.899. The van der Waals surface area contributed by atoms with Gasteiger partial charge in [0.15, 0.2) is 0 Å². The van der Waals surface area contributed by atoms with E-state index in [1.54, 1.807) is 6.92 Å². The molecule has 0 heterocycles. The molecule has 0 fully saturated rings. The third kappa shape index (κ3) is 6.22. The lowest BCUT2D eigenvalue weighted by Crippen LogP contribution is -2.40. The lowest BCUT2D eigenvalue weighted by atomic mass is 10.2. The average molecular weight is 279 g/mol. The predicted molar refractivity (Wildman–Crippen MR) is 75.0 cm³/mol. The van der Waals surface area contributed by atoms with Gasteiger partial charge in [-0.25, -0.2) is 9.59 Å². The molecule has 1 atom stereocenters. The highest BCUT2D eigenvalue weighted by atomic mass is 16.6. The third-order valence-corrected chi connectivity index (χ3v) is 2.46. The standard InChI is InChI=1S/C15H21NO4/c1-11(2)9-20-15(18)16-12(3)14(17)19-10-13-7-5-4-6-8-13/h4-8,11-12H,9-10H2,1-3H3,(H,16,18). The van der Waals surface area contributed by atoms with Crippen LogP contribution >= 0.6 is 0 Å².